The number of carbonyl (C=O) groups is 1. The van der Waals surface area contributed by atoms with Crippen LogP contribution in [0.2, 0.25) is 0 Å². The van der Waals surface area contributed by atoms with Crippen molar-refractivity contribution in [2.75, 3.05) is 6.61 Å². The van der Waals surface area contributed by atoms with E-state index in [-0.39, 0.29) is 17.1 Å². The zero-order valence-corrected chi connectivity index (χ0v) is 15.2. The number of aliphatic hydroxyl groups excluding tert-OH is 6. The van der Waals surface area contributed by atoms with Gasteiger partial charge in [0.2, 0.25) is 0 Å². The summed E-state index contributed by atoms with van der Waals surface area (Å²) in [5.41, 5.74) is -0.464. The molecule has 0 radical (unpaired) electrons. The molecule has 0 aromatic rings. The van der Waals surface area contributed by atoms with E-state index in [1.165, 1.54) is 0 Å². The molecule has 5 atom stereocenters. The van der Waals surface area contributed by atoms with Gasteiger partial charge in [0.05, 0.1) is 6.61 Å². The summed E-state index contributed by atoms with van der Waals surface area (Å²) in [6, 6.07) is -0.245. The molecule has 1 aliphatic rings. The fourth-order valence-corrected chi connectivity index (χ4v) is 3.59. The van der Waals surface area contributed by atoms with E-state index in [1.807, 2.05) is 27.7 Å². The average molecular weight is 364 g/mol. The highest BCUT2D eigenvalue weighted by Crippen LogP contribution is 2.28. The summed E-state index contributed by atoms with van der Waals surface area (Å²) in [6.45, 7) is 7.14. The highest BCUT2D eigenvalue weighted by molar-refractivity contribution is 5.81. The number of hydrogen-bond donors (Lipinski definition) is 8. The molecule has 1 rings (SSSR count). The second-order valence-corrected chi connectivity index (χ2v) is 8.17. The fraction of sp³-hybridized carbons (Fsp3) is 0.938. The molecule has 8 N–H and O–H groups in total. The molecule has 1 heterocycles. The SMILES string of the molecule is CC1(C)CC(NC(=O)C(O)C(O)C(O)C(O)C(O)CO)CC(C)(C)N1. The third-order valence-corrected chi connectivity index (χ3v) is 4.41. The summed E-state index contributed by atoms with van der Waals surface area (Å²) in [6.07, 6.45) is -8.39. The van der Waals surface area contributed by atoms with E-state index < -0.39 is 43.0 Å². The lowest BCUT2D eigenvalue weighted by atomic mass is 9.79. The van der Waals surface area contributed by atoms with Crippen LogP contribution < -0.4 is 10.6 Å². The van der Waals surface area contributed by atoms with E-state index in [1.54, 1.807) is 0 Å². The maximum absolute atomic E-state index is 12.2. The van der Waals surface area contributed by atoms with E-state index >= 15 is 0 Å². The van der Waals surface area contributed by atoms with Crippen molar-refractivity contribution in [3.8, 4) is 0 Å². The first kappa shape index (κ1) is 22.2. The zero-order chi connectivity index (χ0) is 19.6. The molecular weight excluding hydrogens is 332 g/mol. The molecule has 0 saturated carbocycles. The van der Waals surface area contributed by atoms with E-state index in [9.17, 15) is 30.3 Å². The van der Waals surface area contributed by atoms with Crippen molar-refractivity contribution in [3.63, 3.8) is 0 Å². The Morgan fingerprint density at radius 3 is 1.92 bits per heavy atom. The number of amides is 1. The standard InChI is InChI=1S/C16H32N2O7/c1-15(2)5-8(6-16(3,4)18-15)17-14(25)13(24)12(23)11(22)10(21)9(20)7-19/h8-13,18-24H,5-7H2,1-4H3,(H,17,25). The van der Waals surface area contributed by atoms with Gasteiger partial charge in [0.25, 0.3) is 5.91 Å². The monoisotopic (exact) mass is 364 g/mol. The van der Waals surface area contributed by atoms with Crippen LogP contribution in [0.4, 0.5) is 0 Å². The van der Waals surface area contributed by atoms with Crippen molar-refractivity contribution in [3.05, 3.63) is 0 Å². The Hall–Kier alpha value is -0.810. The van der Waals surface area contributed by atoms with Crippen LogP contribution in [0.1, 0.15) is 40.5 Å². The van der Waals surface area contributed by atoms with Crippen molar-refractivity contribution in [2.45, 2.75) is 88.2 Å². The van der Waals surface area contributed by atoms with Crippen LogP contribution in [-0.4, -0.2) is 90.8 Å². The van der Waals surface area contributed by atoms with Gasteiger partial charge in [0, 0.05) is 17.1 Å². The van der Waals surface area contributed by atoms with Crippen molar-refractivity contribution < 1.29 is 35.4 Å². The van der Waals surface area contributed by atoms with Crippen LogP contribution in [0, 0.1) is 0 Å². The summed E-state index contributed by atoms with van der Waals surface area (Å²) in [4.78, 5) is 12.2. The number of carbonyl (C=O) groups excluding carboxylic acids is 1. The fourth-order valence-electron chi connectivity index (χ4n) is 3.59. The van der Waals surface area contributed by atoms with E-state index in [0.717, 1.165) is 0 Å². The molecule has 1 saturated heterocycles. The van der Waals surface area contributed by atoms with Gasteiger partial charge in [-0.1, -0.05) is 0 Å². The Labute approximate surface area is 147 Å². The normalized spacial score (nSPS) is 26.3. The van der Waals surface area contributed by atoms with E-state index in [0.29, 0.717) is 12.8 Å². The molecule has 25 heavy (non-hydrogen) atoms. The van der Waals surface area contributed by atoms with Gasteiger partial charge in [-0.15, -0.1) is 0 Å². The van der Waals surface area contributed by atoms with Crippen LogP contribution >= 0.6 is 0 Å². The van der Waals surface area contributed by atoms with Gasteiger partial charge >= 0.3 is 0 Å². The van der Waals surface area contributed by atoms with Crippen LogP contribution in [0.5, 0.6) is 0 Å². The smallest absolute Gasteiger partial charge is 0.251 e. The summed E-state index contributed by atoms with van der Waals surface area (Å²) in [5.74, 6) is -0.879. The molecule has 0 aromatic carbocycles. The molecule has 1 fully saturated rings. The van der Waals surface area contributed by atoms with E-state index in [4.69, 9.17) is 5.11 Å². The molecule has 1 aliphatic heterocycles. The second-order valence-electron chi connectivity index (χ2n) is 8.17. The van der Waals surface area contributed by atoms with Crippen LogP contribution in [0.25, 0.3) is 0 Å². The largest absolute Gasteiger partial charge is 0.394 e. The molecule has 148 valence electrons. The maximum atomic E-state index is 12.2. The summed E-state index contributed by atoms with van der Waals surface area (Å²) in [7, 11) is 0. The third kappa shape index (κ3) is 6.14. The van der Waals surface area contributed by atoms with Crippen molar-refractivity contribution >= 4 is 5.91 Å². The first-order valence-electron chi connectivity index (χ1n) is 8.40. The summed E-state index contributed by atoms with van der Waals surface area (Å²) < 4.78 is 0. The predicted molar refractivity (Wildman–Crippen MR) is 89.6 cm³/mol. The Kier molecular flexibility index (Phi) is 7.34. The Morgan fingerprint density at radius 2 is 1.48 bits per heavy atom. The number of nitrogens with one attached hydrogen (secondary N) is 2. The first-order chi connectivity index (χ1) is 11.3. The molecule has 1 amide bonds. The number of piperidine rings is 1. The second kappa shape index (κ2) is 8.26. The van der Waals surface area contributed by atoms with Gasteiger partial charge < -0.3 is 41.3 Å². The molecule has 0 bridgehead atoms. The zero-order valence-electron chi connectivity index (χ0n) is 15.2. The molecule has 9 heteroatoms. The Balaban J connectivity index is 2.69. The van der Waals surface area contributed by atoms with Gasteiger partial charge in [0.15, 0.2) is 6.10 Å². The van der Waals surface area contributed by atoms with Gasteiger partial charge in [-0.05, 0) is 40.5 Å². The van der Waals surface area contributed by atoms with Crippen LogP contribution in [-0.2, 0) is 4.79 Å². The average Bonchev–Trinajstić information content (AvgIpc) is 2.47. The third-order valence-electron chi connectivity index (χ3n) is 4.41. The van der Waals surface area contributed by atoms with Gasteiger partial charge in [-0.2, -0.15) is 0 Å². The van der Waals surface area contributed by atoms with Gasteiger partial charge in [-0.25, -0.2) is 0 Å². The minimum Gasteiger partial charge on any atom is -0.394 e. The molecule has 0 aromatic heterocycles. The van der Waals surface area contributed by atoms with Gasteiger partial charge in [0.1, 0.15) is 24.4 Å². The van der Waals surface area contributed by atoms with Crippen molar-refractivity contribution in [2.24, 2.45) is 0 Å². The van der Waals surface area contributed by atoms with Crippen molar-refractivity contribution in [1.29, 1.82) is 0 Å². The van der Waals surface area contributed by atoms with Gasteiger partial charge in [-0.3, -0.25) is 4.79 Å². The maximum Gasteiger partial charge on any atom is 0.251 e. The minimum absolute atomic E-state index is 0.232. The molecule has 5 unspecified atom stereocenters. The predicted octanol–water partition coefficient (Wildman–Crippen LogP) is -2.79. The lowest BCUT2D eigenvalue weighted by Crippen LogP contribution is -2.63. The Bertz CT molecular complexity index is 442. The highest BCUT2D eigenvalue weighted by Gasteiger charge is 2.41. The molecule has 0 aliphatic carbocycles. The quantitative estimate of drug-likeness (QED) is 0.240. The lowest BCUT2D eigenvalue weighted by molar-refractivity contribution is -0.157. The lowest BCUT2D eigenvalue weighted by Gasteiger charge is -2.46. The number of rotatable bonds is 7. The van der Waals surface area contributed by atoms with Crippen LogP contribution in [0.3, 0.4) is 0 Å². The highest BCUT2D eigenvalue weighted by atomic mass is 16.4. The topological polar surface area (TPSA) is 163 Å². The first-order valence-corrected chi connectivity index (χ1v) is 8.40. The molecular formula is C16H32N2O7. The van der Waals surface area contributed by atoms with Crippen LogP contribution in [0.15, 0.2) is 0 Å². The number of aliphatic hydroxyl groups is 6. The van der Waals surface area contributed by atoms with Crippen molar-refractivity contribution in [1.82, 2.24) is 10.6 Å². The molecule has 9 nitrogen and oxygen atoms in total. The molecule has 0 spiro atoms. The number of hydrogen-bond acceptors (Lipinski definition) is 8. The Morgan fingerprint density at radius 1 is 1.00 bits per heavy atom. The summed E-state index contributed by atoms with van der Waals surface area (Å²) >= 11 is 0. The summed E-state index contributed by atoms with van der Waals surface area (Å²) in [5, 5.41) is 63.3. The minimum atomic E-state index is -2.01. The van der Waals surface area contributed by atoms with E-state index in [2.05, 4.69) is 10.6 Å².